The van der Waals surface area contributed by atoms with E-state index in [2.05, 4.69) is 12.1 Å². The molecule has 0 saturated heterocycles. The average molecular weight is 348 g/mol. The van der Waals surface area contributed by atoms with E-state index in [0.29, 0.717) is 10.8 Å². The number of carbonyl (C=O) groups is 1. The third-order valence-electron chi connectivity index (χ3n) is 5.41. The van der Waals surface area contributed by atoms with E-state index in [1.165, 1.54) is 17.0 Å². The van der Waals surface area contributed by atoms with Gasteiger partial charge in [0.25, 0.3) is 0 Å². The molecule has 0 radical (unpaired) electrons. The van der Waals surface area contributed by atoms with Crippen LogP contribution in [-0.4, -0.2) is 11.1 Å². The lowest BCUT2D eigenvalue weighted by molar-refractivity contribution is -0.166. The summed E-state index contributed by atoms with van der Waals surface area (Å²) in [5.41, 5.74) is 0.809. The van der Waals surface area contributed by atoms with E-state index in [1.807, 2.05) is 18.2 Å². The number of aryl methyl sites for hydroxylation is 1. The van der Waals surface area contributed by atoms with Gasteiger partial charge in [-0.25, -0.2) is 4.79 Å². The quantitative estimate of drug-likeness (QED) is 0.419. The summed E-state index contributed by atoms with van der Waals surface area (Å²) in [4.78, 5) is 11.1. The Hall–Kier alpha value is -3.01. The Labute approximate surface area is 147 Å². The van der Waals surface area contributed by atoms with Gasteiger partial charge in [-0.3, -0.25) is 0 Å². The standard InChI is InChI=1S/C22H14F2O2/c23-22(24,21(25)26)18-11-10-16-14-7-2-5-12-4-1-6-13(19(12)14)15-8-3-9-17(18)20(15)16/h1,3-4,6-11H,2,5H2,(H,25,26). The Bertz CT molecular complexity index is 1290. The zero-order valence-corrected chi connectivity index (χ0v) is 13.7. The van der Waals surface area contributed by atoms with Gasteiger partial charge in [-0.05, 0) is 55.9 Å². The minimum absolute atomic E-state index is 0.301. The second kappa shape index (κ2) is 5.01. The monoisotopic (exact) mass is 348 g/mol. The normalized spacial score (nSPS) is 14.1. The molecule has 4 aromatic rings. The highest BCUT2D eigenvalue weighted by Gasteiger charge is 2.42. The zero-order chi connectivity index (χ0) is 18.1. The predicted octanol–water partition coefficient (Wildman–Crippen LogP) is 4.77. The van der Waals surface area contributed by atoms with Crippen LogP contribution in [0.3, 0.4) is 0 Å². The molecule has 0 aromatic heterocycles. The molecule has 4 heteroatoms. The van der Waals surface area contributed by atoms with E-state index in [9.17, 15) is 13.6 Å². The van der Waals surface area contributed by atoms with Crippen LogP contribution < -0.4 is 5.22 Å². The van der Waals surface area contributed by atoms with Gasteiger partial charge >= 0.3 is 11.9 Å². The van der Waals surface area contributed by atoms with Gasteiger partial charge in [0.05, 0.1) is 0 Å². The molecule has 4 aromatic carbocycles. The second-order valence-electron chi connectivity index (χ2n) is 6.76. The van der Waals surface area contributed by atoms with Crippen LogP contribution >= 0.6 is 0 Å². The molecular formula is C22H14F2O2. The highest BCUT2D eigenvalue weighted by molar-refractivity contribution is 6.23. The molecular weight excluding hydrogens is 334 g/mol. The molecule has 0 spiro atoms. The van der Waals surface area contributed by atoms with Gasteiger partial charge in [0.2, 0.25) is 0 Å². The van der Waals surface area contributed by atoms with Crippen LogP contribution in [-0.2, 0) is 17.1 Å². The van der Waals surface area contributed by atoms with Crippen LogP contribution in [0.1, 0.15) is 17.5 Å². The van der Waals surface area contributed by atoms with Crippen molar-refractivity contribution < 1.29 is 18.7 Å². The van der Waals surface area contributed by atoms with Crippen molar-refractivity contribution in [3.63, 3.8) is 0 Å². The lowest BCUT2D eigenvalue weighted by atomic mass is 9.85. The van der Waals surface area contributed by atoms with Crippen LogP contribution in [0.5, 0.6) is 0 Å². The maximum Gasteiger partial charge on any atom is 0.379 e. The Morgan fingerprint density at radius 2 is 1.58 bits per heavy atom. The summed E-state index contributed by atoms with van der Waals surface area (Å²) in [5, 5.41) is 15.1. The molecule has 2 nitrogen and oxygen atoms in total. The molecule has 0 fully saturated rings. The number of aliphatic carboxylic acids is 1. The van der Waals surface area contributed by atoms with E-state index in [-0.39, 0.29) is 0 Å². The van der Waals surface area contributed by atoms with Crippen LogP contribution in [0.15, 0.2) is 48.5 Å². The minimum Gasteiger partial charge on any atom is -0.477 e. The number of benzene rings is 4. The van der Waals surface area contributed by atoms with Gasteiger partial charge in [0, 0.05) is 5.56 Å². The molecule has 0 saturated carbocycles. The Kier molecular flexibility index (Phi) is 2.94. The SMILES string of the molecule is O=C(O)C(F)(F)c1ccc2c3c4c(cccc4c4cccc1c24)CCC=3. The van der Waals surface area contributed by atoms with Crippen molar-refractivity contribution >= 4 is 44.4 Å². The fourth-order valence-corrected chi connectivity index (χ4v) is 4.31. The maximum atomic E-state index is 14.3. The van der Waals surface area contributed by atoms with Crippen molar-refractivity contribution in [3.8, 4) is 0 Å². The number of hydrogen-bond acceptors (Lipinski definition) is 1. The summed E-state index contributed by atoms with van der Waals surface area (Å²) in [7, 11) is 0. The van der Waals surface area contributed by atoms with Gasteiger partial charge in [0.15, 0.2) is 0 Å². The summed E-state index contributed by atoms with van der Waals surface area (Å²) in [6.07, 6.45) is 4.03. The molecule has 0 heterocycles. The summed E-state index contributed by atoms with van der Waals surface area (Å²) in [6.45, 7) is 0. The molecule has 26 heavy (non-hydrogen) atoms. The van der Waals surface area contributed by atoms with Crippen molar-refractivity contribution in [1.82, 2.24) is 0 Å². The number of fused-ring (bicyclic) bond motifs is 2. The number of halogens is 2. The van der Waals surface area contributed by atoms with Crippen molar-refractivity contribution in [2.24, 2.45) is 0 Å². The topological polar surface area (TPSA) is 37.3 Å². The molecule has 0 atom stereocenters. The molecule has 0 amide bonds. The van der Waals surface area contributed by atoms with E-state index >= 15 is 0 Å². The first kappa shape index (κ1) is 15.3. The fraction of sp³-hybridized carbons (Fsp3) is 0.136. The van der Waals surface area contributed by atoms with Gasteiger partial charge in [0.1, 0.15) is 0 Å². The Morgan fingerprint density at radius 1 is 0.885 bits per heavy atom. The van der Waals surface area contributed by atoms with Crippen molar-refractivity contribution in [2.45, 2.75) is 18.8 Å². The van der Waals surface area contributed by atoms with Crippen molar-refractivity contribution in [1.29, 1.82) is 0 Å². The first-order chi connectivity index (χ1) is 12.5. The van der Waals surface area contributed by atoms with Crippen molar-refractivity contribution in [3.05, 3.63) is 64.9 Å². The molecule has 128 valence electrons. The highest BCUT2D eigenvalue weighted by Crippen LogP contribution is 2.39. The molecule has 1 N–H and O–H groups in total. The molecule has 1 aliphatic carbocycles. The number of carboxylic acids is 1. The number of carboxylic acid groups (broad SMARTS) is 1. The van der Waals surface area contributed by atoms with E-state index < -0.39 is 17.5 Å². The largest absolute Gasteiger partial charge is 0.477 e. The Balaban J connectivity index is 2.07. The van der Waals surface area contributed by atoms with E-state index in [0.717, 1.165) is 34.2 Å². The van der Waals surface area contributed by atoms with Crippen molar-refractivity contribution in [2.75, 3.05) is 0 Å². The molecule has 5 rings (SSSR count). The third-order valence-corrected chi connectivity index (χ3v) is 5.41. The maximum absolute atomic E-state index is 14.3. The smallest absolute Gasteiger partial charge is 0.379 e. The van der Waals surface area contributed by atoms with Gasteiger partial charge < -0.3 is 5.11 Å². The molecule has 0 unspecified atom stereocenters. The van der Waals surface area contributed by atoms with E-state index in [4.69, 9.17) is 5.11 Å². The number of rotatable bonds is 2. The summed E-state index contributed by atoms with van der Waals surface area (Å²) >= 11 is 0. The second-order valence-corrected chi connectivity index (χ2v) is 6.76. The highest BCUT2D eigenvalue weighted by atomic mass is 19.3. The van der Waals surface area contributed by atoms with Crippen LogP contribution in [0.2, 0.25) is 0 Å². The van der Waals surface area contributed by atoms with Crippen LogP contribution in [0.25, 0.3) is 38.4 Å². The summed E-state index contributed by atoms with van der Waals surface area (Å²) in [5.74, 6) is -6.06. The average Bonchev–Trinajstić information content (AvgIpc) is 2.65. The minimum atomic E-state index is -3.93. The predicted molar refractivity (Wildman–Crippen MR) is 98.5 cm³/mol. The molecule has 1 aliphatic rings. The summed E-state index contributed by atoms with van der Waals surface area (Å²) in [6, 6.07) is 14.3. The van der Waals surface area contributed by atoms with Gasteiger partial charge in [-0.15, -0.1) is 0 Å². The van der Waals surface area contributed by atoms with Crippen LogP contribution in [0, 0.1) is 0 Å². The number of hydrogen-bond donors (Lipinski definition) is 1. The molecule has 0 bridgehead atoms. The lowest BCUT2D eigenvalue weighted by Gasteiger charge is -2.20. The first-order valence-electron chi connectivity index (χ1n) is 8.50. The molecule has 0 aliphatic heterocycles. The summed E-state index contributed by atoms with van der Waals surface area (Å²) < 4.78 is 28.7. The Morgan fingerprint density at radius 3 is 2.35 bits per heavy atom. The third kappa shape index (κ3) is 1.81. The zero-order valence-electron chi connectivity index (χ0n) is 13.7. The van der Waals surface area contributed by atoms with Crippen LogP contribution in [0.4, 0.5) is 8.78 Å². The number of alkyl halides is 2. The first-order valence-corrected chi connectivity index (χ1v) is 8.50. The lowest BCUT2D eigenvalue weighted by Crippen LogP contribution is -2.25. The van der Waals surface area contributed by atoms with Gasteiger partial charge in [-0.1, -0.05) is 54.6 Å². The van der Waals surface area contributed by atoms with Gasteiger partial charge in [-0.2, -0.15) is 8.78 Å². The van der Waals surface area contributed by atoms with E-state index in [1.54, 1.807) is 18.2 Å². The fourth-order valence-electron chi connectivity index (χ4n) is 4.31.